The fraction of sp³-hybridized carbons (Fsp3) is 0.538. The number of sulfonamides is 1. The molecule has 0 aliphatic heterocycles. The van der Waals surface area contributed by atoms with Crippen molar-refractivity contribution in [2.75, 3.05) is 29.5 Å². The molecule has 210 valence electrons. The van der Waals surface area contributed by atoms with Gasteiger partial charge in [-0.05, 0) is 48.8 Å². The van der Waals surface area contributed by atoms with Crippen LogP contribution in [0.1, 0.15) is 48.5 Å². The summed E-state index contributed by atoms with van der Waals surface area (Å²) < 4.78 is 63.4. The van der Waals surface area contributed by atoms with E-state index in [0.717, 1.165) is 22.5 Å². The molecule has 12 heteroatoms. The van der Waals surface area contributed by atoms with Gasteiger partial charge >= 0.3 is 6.18 Å². The average Bonchev–Trinajstić information content (AvgIpc) is 3.55. The van der Waals surface area contributed by atoms with Crippen LogP contribution in [-0.4, -0.2) is 57.4 Å². The second-order valence-electron chi connectivity index (χ2n) is 10.2. The molecule has 1 aliphatic rings. The second-order valence-corrected chi connectivity index (χ2v) is 12.2. The van der Waals surface area contributed by atoms with Gasteiger partial charge < -0.3 is 16.4 Å². The number of aromatic nitrogens is 1. The molecule has 0 saturated heterocycles. The van der Waals surface area contributed by atoms with Crippen LogP contribution in [-0.2, 0) is 16.4 Å². The van der Waals surface area contributed by atoms with Gasteiger partial charge in [-0.1, -0.05) is 37.3 Å². The van der Waals surface area contributed by atoms with E-state index in [0.29, 0.717) is 30.6 Å². The quantitative estimate of drug-likeness (QED) is 0.350. The van der Waals surface area contributed by atoms with Crippen LogP contribution in [0, 0.1) is 11.8 Å². The SMILES string of the molecule is CC1CC1CNc1cc(C(=O)N[C@@H](Cc2ccccc2)[C@@H]([NH3+])CCCC(F)(F)F)cc(N(C)S(C)(=O)=O)n1. The zero-order valence-corrected chi connectivity index (χ0v) is 22.8. The molecular formula is C26H37F3N5O3S+. The number of pyridine rings is 1. The molecule has 2 aromatic rings. The third kappa shape index (κ3) is 9.16. The summed E-state index contributed by atoms with van der Waals surface area (Å²) >= 11 is 0. The Balaban J connectivity index is 1.83. The van der Waals surface area contributed by atoms with Crippen LogP contribution in [0.2, 0.25) is 0 Å². The predicted octanol–water partition coefficient (Wildman–Crippen LogP) is 3.23. The Labute approximate surface area is 222 Å². The Morgan fingerprint density at radius 2 is 1.89 bits per heavy atom. The van der Waals surface area contributed by atoms with Crippen LogP contribution in [0.5, 0.6) is 0 Å². The van der Waals surface area contributed by atoms with Gasteiger partial charge in [0.2, 0.25) is 10.0 Å². The number of benzene rings is 1. The molecule has 3 rings (SSSR count). The van der Waals surface area contributed by atoms with E-state index >= 15 is 0 Å². The van der Waals surface area contributed by atoms with Gasteiger partial charge in [-0.15, -0.1) is 0 Å². The average molecular weight is 557 g/mol. The number of hydrogen-bond acceptors (Lipinski definition) is 5. The molecule has 4 atom stereocenters. The van der Waals surface area contributed by atoms with Gasteiger partial charge in [0.25, 0.3) is 5.91 Å². The van der Waals surface area contributed by atoms with E-state index < -0.39 is 40.6 Å². The lowest BCUT2D eigenvalue weighted by Gasteiger charge is -2.24. The van der Waals surface area contributed by atoms with Gasteiger partial charge in [-0.2, -0.15) is 13.2 Å². The third-order valence-corrected chi connectivity index (χ3v) is 8.12. The Hall–Kier alpha value is -2.86. The largest absolute Gasteiger partial charge is 0.389 e. The minimum Gasteiger partial charge on any atom is -0.370 e. The molecule has 0 radical (unpaired) electrons. The number of alkyl halides is 3. The van der Waals surface area contributed by atoms with Gasteiger partial charge in [0.1, 0.15) is 17.7 Å². The summed E-state index contributed by atoms with van der Waals surface area (Å²) in [6, 6.07) is 11.3. The zero-order valence-electron chi connectivity index (χ0n) is 22.0. The third-order valence-electron chi connectivity index (χ3n) is 6.93. The molecule has 1 saturated carbocycles. The monoisotopic (exact) mass is 556 g/mol. The molecule has 8 nitrogen and oxygen atoms in total. The lowest BCUT2D eigenvalue weighted by atomic mass is 9.95. The van der Waals surface area contributed by atoms with Crippen molar-refractivity contribution in [2.24, 2.45) is 11.8 Å². The highest BCUT2D eigenvalue weighted by atomic mass is 32.2. The van der Waals surface area contributed by atoms with Gasteiger partial charge in [0.05, 0.1) is 12.3 Å². The highest BCUT2D eigenvalue weighted by Crippen LogP contribution is 2.37. The fourth-order valence-electron chi connectivity index (χ4n) is 4.21. The van der Waals surface area contributed by atoms with Crippen molar-refractivity contribution in [1.29, 1.82) is 0 Å². The highest BCUT2D eigenvalue weighted by molar-refractivity contribution is 7.92. The Morgan fingerprint density at radius 3 is 2.47 bits per heavy atom. The number of carbonyl (C=O) groups is 1. The summed E-state index contributed by atoms with van der Waals surface area (Å²) in [5.41, 5.74) is 5.17. The van der Waals surface area contributed by atoms with E-state index in [2.05, 4.69) is 28.3 Å². The maximum atomic E-state index is 13.4. The topological polar surface area (TPSA) is 119 Å². The van der Waals surface area contributed by atoms with Crippen LogP contribution in [0.3, 0.4) is 0 Å². The van der Waals surface area contributed by atoms with E-state index in [4.69, 9.17) is 0 Å². The fourth-order valence-corrected chi connectivity index (χ4v) is 4.64. The van der Waals surface area contributed by atoms with Crippen molar-refractivity contribution in [2.45, 2.75) is 57.3 Å². The number of nitrogens with zero attached hydrogens (tertiary/aromatic N) is 2. The number of halogens is 3. The van der Waals surface area contributed by atoms with Crippen LogP contribution in [0.25, 0.3) is 0 Å². The Kier molecular flexibility index (Phi) is 9.64. The molecule has 1 heterocycles. The van der Waals surface area contributed by atoms with E-state index in [1.54, 1.807) is 6.07 Å². The first-order chi connectivity index (χ1) is 17.7. The second kappa shape index (κ2) is 12.3. The Bertz CT molecular complexity index is 1190. The summed E-state index contributed by atoms with van der Waals surface area (Å²) in [4.78, 5) is 17.8. The number of anilines is 2. The van der Waals surface area contributed by atoms with Gasteiger partial charge in [0.15, 0.2) is 0 Å². The summed E-state index contributed by atoms with van der Waals surface area (Å²) in [5, 5.41) is 6.14. The smallest absolute Gasteiger partial charge is 0.370 e. The molecular weight excluding hydrogens is 519 g/mol. The summed E-state index contributed by atoms with van der Waals surface area (Å²) in [6.07, 6.45) is -2.55. The molecule has 1 fully saturated rings. The number of rotatable bonds is 13. The molecule has 38 heavy (non-hydrogen) atoms. The standard InChI is InChI=1S/C26H36F3N5O3S/c1-17-12-20(17)16-31-23-14-19(15-24(33-23)34(2)38(3,36)37)25(35)32-22(13-18-8-5-4-6-9-18)21(30)10-7-11-26(27,28)29/h4-6,8-9,14-15,17,20-22H,7,10-13,16,30H2,1-3H3,(H,31,33)(H,32,35)/p+1/t17?,20?,21-,22-/m0/s1. The maximum Gasteiger partial charge on any atom is 0.389 e. The summed E-state index contributed by atoms with van der Waals surface area (Å²) in [6.45, 7) is 2.79. The molecule has 1 aromatic carbocycles. The molecule has 0 bridgehead atoms. The molecule has 5 N–H and O–H groups in total. The van der Waals surface area contributed by atoms with Crippen LogP contribution < -0.4 is 20.7 Å². The van der Waals surface area contributed by atoms with Crippen molar-refractivity contribution >= 4 is 27.6 Å². The van der Waals surface area contributed by atoms with Crippen molar-refractivity contribution in [3.05, 3.63) is 53.6 Å². The van der Waals surface area contributed by atoms with Crippen LogP contribution >= 0.6 is 0 Å². The summed E-state index contributed by atoms with van der Waals surface area (Å²) in [7, 11) is -2.27. The summed E-state index contributed by atoms with van der Waals surface area (Å²) in [5.74, 6) is 1.06. The number of quaternary nitrogens is 1. The number of carbonyl (C=O) groups excluding carboxylic acids is 1. The van der Waals surface area contributed by atoms with Gasteiger partial charge in [0, 0.05) is 32.0 Å². The normalized spacial score (nSPS) is 18.9. The van der Waals surface area contributed by atoms with Crippen molar-refractivity contribution in [3.8, 4) is 0 Å². The van der Waals surface area contributed by atoms with E-state index in [9.17, 15) is 26.4 Å². The van der Waals surface area contributed by atoms with Crippen molar-refractivity contribution in [1.82, 2.24) is 10.3 Å². The maximum absolute atomic E-state index is 13.4. The molecule has 1 aromatic heterocycles. The first kappa shape index (κ1) is 29.7. The minimum absolute atomic E-state index is 0.0856. The number of hydrogen-bond donors (Lipinski definition) is 3. The first-order valence-corrected chi connectivity index (χ1v) is 14.5. The molecule has 0 spiro atoms. The molecule has 2 unspecified atom stereocenters. The van der Waals surface area contributed by atoms with E-state index in [1.807, 2.05) is 30.3 Å². The first-order valence-electron chi connectivity index (χ1n) is 12.7. The zero-order chi connectivity index (χ0) is 28.1. The van der Waals surface area contributed by atoms with Gasteiger partial charge in [-0.25, -0.2) is 13.4 Å². The number of nitrogens with one attached hydrogen (secondary N) is 2. The van der Waals surface area contributed by atoms with Crippen LogP contribution in [0.15, 0.2) is 42.5 Å². The minimum atomic E-state index is -4.25. The lowest BCUT2D eigenvalue weighted by molar-refractivity contribution is -0.427. The molecule has 1 amide bonds. The van der Waals surface area contributed by atoms with E-state index in [-0.39, 0.29) is 24.2 Å². The highest BCUT2D eigenvalue weighted by Gasteiger charge is 2.32. The van der Waals surface area contributed by atoms with Crippen molar-refractivity contribution < 1.29 is 32.1 Å². The Morgan fingerprint density at radius 1 is 1.24 bits per heavy atom. The van der Waals surface area contributed by atoms with Crippen molar-refractivity contribution in [3.63, 3.8) is 0 Å². The molecule has 1 aliphatic carbocycles. The van der Waals surface area contributed by atoms with E-state index in [1.165, 1.54) is 13.1 Å². The number of amides is 1. The van der Waals surface area contributed by atoms with Gasteiger partial charge in [-0.3, -0.25) is 9.10 Å². The predicted molar refractivity (Wildman–Crippen MR) is 141 cm³/mol. The lowest BCUT2D eigenvalue weighted by Crippen LogP contribution is -2.70. The van der Waals surface area contributed by atoms with Crippen LogP contribution in [0.4, 0.5) is 24.8 Å².